The fourth-order valence-corrected chi connectivity index (χ4v) is 3.26. The minimum absolute atomic E-state index is 0.0418. The van der Waals surface area contributed by atoms with E-state index in [1.165, 1.54) is 0 Å². The SMILES string of the molecule is [C-]#[N+]C(C#N)c1ccc(-n2nnc(C)c2COc2ccc(N3CCNC(=O)C3)nn2)cc1. The number of carbonyl (C=O) groups is 1. The van der Waals surface area contributed by atoms with Crippen LogP contribution >= 0.6 is 0 Å². The molecule has 3 heterocycles. The smallest absolute Gasteiger partial charge is 0.332 e. The van der Waals surface area contributed by atoms with Crippen molar-refractivity contribution in [3.63, 3.8) is 0 Å². The first-order chi connectivity index (χ1) is 15.6. The van der Waals surface area contributed by atoms with Crippen LogP contribution in [0.4, 0.5) is 5.82 Å². The molecule has 0 aliphatic carbocycles. The van der Waals surface area contributed by atoms with E-state index < -0.39 is 6.04 Å². The van der Waals surface area contributed by atoms with Crippen LogP contribution in [-0.2, 0) is 11.4 Å². The maximum atomic E-state index is 11.5. The number of ether oxygens (including phenoxy) is 1. The molecule has 11 nitrogen and oxygen atoms in total. The number of aryl methyl sites for hydroxylation is 1. The first kappa shape index (κ1) is 20.8. The van der Waals surface area contributed by atoms with Crippen LogP contribution in [0.1, 0.15) is 23.0 Å². The standard InChI is InChI=1S/C21H19N9O2/c1-14-18(30(28-25-14)16-5-3-15(4-6-16)17(11-22)23-2)13-32-21-8-7-19(26-27-21)29-10-9-24-20(31)12-29/h3-8,17H,9-10,12-13H2,1H3,(H,24,31). The van der Waals surface area contributed by atoms with Gasteiger partial charge in [0.1, 0.15) is 12.3 Å². The Kier molecular flexibility index (Phi) is 5.90. The molecule has 1 saturated heterocycles. The second kappa shape index (κ2) is 9.10. The van der Waals surface area contributed by atoms with Crippen LogP contribution in [0.15, 0.2) is 36.4 Å². The summed E-state index contributed by atoms with van der Waals surface area (Å²) in [5, 5.41) is 28.4. The number of rotatable bonds is 6. The van der Waals surface area contributed by atoms with Crippen LogP contribution in [0, 0.1) is 24.8 Å². The van der Waals surface area contributed by atoms with Crippen LogP contribution in [0.2, 0.25) is 0 Å². The highest BCUT2D eigenvalue weighted by Gasteiger charge is 2.19. The van der Waals surface area contributed by atoms with E-state index in [0.29, 0.717) is 36.0 Å². The van der Waals surface area contributed by atoms with Crippen LogP contribution in [-0.4, -0.2) is 50.7 Å². The number of piperazine rings is 1. The van der Waals surface area contributed by atoms with Crippen molar-refractivity contribution in [1.29, 1.82) is 5.26 Å². The number of amides is 1. The number of hydrogen-bond donors (Lipinski definition) is 1. The highest BCUT2D eigenvalue weighted by molar-refractivity contribution is 5.82. The Bertz CT molecular complexity index is 1180. The van der Waals surface area contributed by atoms with Gasteiger partial charge in [0.05, 0.1) is 17.9 Å². The number of carbonyl (C=O) groups excluding carboxylic acids is 1. The average molecular weight is 429 g/mol. The molecule has 0 spiro atoms. The minimum atomic E-state index is -0.829. The van der Waals surface area contributed by atoms with Crippen molar-refractivity contribution in [2.45, 2.75) is 19.6 Å². The lowest BCUT2D eigenvalue weighted by molar-refractivity contribution is -0.120. The van der Waals surface area contributed by atoms with Crippen molar-refractivity contribution in [3.8, 4) is 17.6 Å². The van der Waals surface area contributed by atoms with Crippen LogP contribution in [0.3, 0.4) is 0 Å². The number of hydrogen-bond acceptors (Lipinski definition) is 8. The molecule has 0 radical (unpaired) electrons. The molecule has 1 aliphatic rings. The highest BCUT2D eigenvalue weighted by atomic mass is 16.5. The minimum Gasteiger partial charge on any atom is -0.470 e. The van der Waals surface area contributed by atoms with Gasteiger partial charge < -0.3 is 15.0 Å². The molecule has 4 rings (SSSR count). The molecule has 0 saturated carbocycles. The third-order valence-corrected chi connectivity index (χ3v) is 5.01. The van der Waals surface area contributed by atoms with Gasteiger partial charge in [-0.3, -0.25) is 9.64 Å². The van der Waals surface area contributed by atoms with E-state index in [-0.39, 0.29) is 19.1 Å². The largest absolute Gasteiger partial charge is 0.470 e. The predicted octanol–water partition coefficient (Wildman–Crippen LogP) is 1.36. The normalized spacial score (nSPS) is 14.2. The quantitative estimate of drug-likeness (QED) is 0.582. The van der Waals surface area contributed by atoms with Crippen LogP contribution in [0.25, 0.3) is 10.5 Å². The summed E-state index contributed by atoms with van der Waals surface area (Å²) in [5.41, 5.74) is 2.80. The van der Waals surface area contributed by atoms with E-state index in [1.54, 1.807) is 41.1 Å². The maximum Gasteiger partial charge on any atom is 0.332 e. The molecular weight excluding hydrogens is 410 g/mol. The number of aromatic nitrogens is 5. The van der Waals surface area contributed by atoms with Gasteiger partial charge in [0.2, 0.25) is 11.8 Å². The number of nitrogens with one attached hydrogen (secondary N) is 1. The third-order valence-electron chi connectivity index (χ3n) is 5.01. The summed E-state index contributed by atoms with van der Waals surface area (Å²) in [5.74, 6) is 0.914. The van der Waals surface area contributed by atoms with E-state index in [1.807, 2.05) is 17.9 Å². The van der Waals surface area contributed by atoms with E-state index in [0.717, 1.165) is 11.4 Å². The van der Waals surface area contributed by atoms with Gasteiger partial charge in [-0.2, -0.15) is 5.26 Å². The molecule has 160 valence electrons. The third kappa shape index (κ3) is 4.32. The molecule has 3 aromatic rings. The van der Waals surface area contributed by atoms with E-state index in [2.05, 4.69) is 30.7 Å². The molecule has 1 N–H and O–H groups in total. The number of anilines is 1. The fourth-order valence-electron chi connectivity index (χ4n) is 3.26. The molecule has 1 fully saturated rings. The number of nitriles is 1. The van der Waals surface area contributed by atoms with Crippen molar-refractivity contribution >= 4 is 11.7 Å². The topological polar surface area (TPSA) is 126 Å². The van der Waals surface area contributed by atoms with Gasteiger partial charge in [0.15, 0.2) is 11.9 Å². The van der Waals surface area contributed by atoms with Crippen molar-refractivity contribution in [2.24, 2.45) is 0 Å². The van der Waals surface area contributed by atoms with E-state index >= 15 is 0 Å². The Morgan fingerprint density at radius 2 is 2.06 bits per heavy atom. The molecule has 1 amide bonds. The number of nitrogens with zero attached hydrogens (tertiary/aromatic N) is 8. The molecule has 0 bridgehead atoms. The van der Waals surface area contributed by atoms with Gasteiger partial charge >= 0.3 is 6.04 Å². The van der Waals surface area contributed by atoms with Gasteiger partial charge in [-0.1, -0.05) is 5.21 Å². The summed E-state index contributed by atoms with van der Waals surface area (Å²) in [7, 11) is 0. The summed E-state index contributed by atoms with van der Waals surface area (Å²) in [6.07, 6.45) is 0. The maximum absolute atomic E-state index is 11.5. The lowest BCUT2D eigenvalue weighted by atomic mass is 10.1. The molecule has 1 aromatic carbocycles. The highest BCUT2D eigenvalue weighted by Crippen LogP contribution is 2.21. The summed E-state index contributed by atoms with van der Waals surface area (Å²) in [6, 6.07) is 11.6. The Morgan fingerprint density at radius 3 is 2.72 bits per heavy atom. The van der Waals surface area contributed by atoms with Gasteiger partial charge in [-0.05, 0) is 37.3 Å². The molecule has 2 aromatic heterocycles. The summed E-state index contributed by atoms with van der Waals surface area (Å²) >= 11 is 0. The number of benzene rings is 1. The lowest BCUT2D eigenvalue weighted by Crippen LogP contribution is -2.48. The van der Waals surface area contributed by atoms with E-state index in [9.17, 15) is 4.79 Å². The monoisotopic (exact) mass is 429 g/mol. The molecule has 1 atom stereocenters. The zero-order valence-electron chi connectivity index (χ0n) is 17.3. The average Bonchev–Trinajstić information content (AvgIpc) is 3.19. The molecule has 11 heteroatoms. The van der Waals surface area contributed by atoms with Gasteiger partial charge in [0, 0.05) is 24.7 Å². The second-order valence-corrected chi connectivity index (χ2v) is 7.08. The summed E-state index contributed by atoms with van der Waals surface area (Å²) in [4.78, 5) is 16.7. The Balaban J connectivity index is 1.46. The summed E-state index contributed by atoms with van der Waals surface area (Å²) < 4.78 is 7.44. The fraction of sp³-hybridized carbons (Fsp3) is 0.286. The molecule has 1 unspecified atom stereocenters. The van der Waals surface area contributed by atoms with Crippen molar-refractivity contribution < 1.29 is 9.53 Å². The Hall–Kier alpha value is -4.51. The van der Waals surface area contributed by atoms with Crippen LogP contribution < -0.4 is 15.0 Å². The Morgan fingerprint density at radius 1 is 1.25 bits per heavy atom. The van der Waals surface area contributed by atoms with Gasteiger partial charge in [0.25, 0.3) is 0 Å². The zero-order chi connectivity index (χ0) is 22.5. The second-order valence-electron chi connectivity index (χ2n) is 7.08. The molecule has 1 aliphatic heterocycles. The van der Waals surface area contributed by atoms with Gasteiger partial charge in [-0.15, -0.1) is 15.3 Å². The first-order valence-electron chi connectivity index (χ1n) is 9.85. The molecule has 32 heavy (non-hydrogen) atoms. The lowest BCUT2D eigenvalue weighted by Gasteiger charge is -2.26. The van der Waals surface area contributed by atoms with Crippen molar-refractivity contribution in [2.75, 3.05) is 24.5 Å². The van der Waals surface area contributed by atoms with Gasteiger partial charge in [-0.25, -0.2) is 11.3 Å². The van der Waals surface area contributed by atoms with Crippen molar-refractivity contribution in [1.82, 2.24) is 30.5 Å². The zero-order valence-corrected chi connectivity index (χ0v) is 17.3. The van der Waals surface area contributed by atoms with E-state index in [4.69, 9.17) is 16.6 Å². The summed E-state index contributed by atoms with van der Waals surface area (Å²) in [6.45, 7) is 10.6. The predicted molar refractivity (Wildman–Crippen MR) is 113 cm³/mol. The molecular formula is C21H19N9O2. The Labute approximate surface area is 184 Å². The van der Waals surface area contributed by atoms with Crippen molar-refractivity contribution in [3.05, 3.63) is 64.8 Å². The van der Waals surface area contributed by atoms with Crippen LogP contribution in [0.5, 0.6) is 5.88 Å². The first-order valence-corrected chi connectivity index (χ1v) is 9.85.